The lowest BCUT2D eigenvalue weighted by Crippen LogP contribution is -2.05. The van der Waals surface area contributed by atoms with Gasteiger partial charge in [-0.25, -0.2) is 0 Å². The summed E-state index contributed by atoms with van der Waals surface area (Å²) in [6, 6.07) is 0. The molecule has 106 valence electrons. The molecule has 0 aromatic heterocycles. The molecular weight excluding hydrogens is 224 g/mol. The van der Waals surface area contributed by atoms with Gasteiger partial charge < -0.3 is 4.74 Å². The van der Waals surface area contributed by atoms with Gasteiger partial charge in [-0.05, 0) is 32.1 Å². The highest BCUT2D eigenvalue weighted by molar-refractivity contribution is 5.37. The molecule has 0 aliphatic rings. The van der Waals surface area contributed by atoms with E-state index in [1.54, 1.807) is 0 Å². The van der Waals surface area contributed by atoms with Crippen LogP contribution in [0.4, 0.5) is 0 Å². The summed E-state index contributed by atoms with van der Waals surface area (Å²) in [4.78, 5) is 10.1. The van der Waals surface area contributed by atoms with Crippen LogP contribution in [0.2, 0.25) is 0 Å². The maximum absolute atomic E-state index is 10.1. The average molecular weight is 254 g/mol. The maximum atomic E-state index is 10.1. The van der Waals surface area contributed by atoms with Gasteiger partial charge in [0.1, 0.15) is 0 Å². The Morgan fingerprint density at radius 3 is 2.11 bits per heavy atom. The van der Waals surface area contributed by atoms with Gasteiger partial charge in [-0.3, -0.25) is 4.79 Å². The molecule has 0 heterocycles. The van der Waals surface area contributed by atoms with Crippen molar-refractivity contribution in [1.82, 2.24) is 0 Å². The number of carbonyl (C=O) groups excluding carboxylic acids is 1. The fraction of sp³-hybridized carbons (Fsp3) is 0.812. The van der Waals surface area contributed by atoms with Crippen molar-refractivity contribution in [3.8, 4) is 0 Å². The van der Waals surface area contributed by atoms with Gasteiger partial charge in [-0.15, -0.1) is 6.58 Å². The summed E-state index contributed by atoms with van der Waals surface area (Å²) in [5, 5.41) is 0. The lowest BCUT2D eigenvalue weighted by atomic mass is 9.99. The van der Waals surface area contributed by atoms with Crippen molar-refractivity contribution >= 4 is 6.47 Å². The first-order chi connectivity index (χ1) is 8.70. The van der Waals surface area contributed by atoms with Gasteiger partial charge in [-0.1, -0.05) is 51.5 Å². The van der Waals surface area contributed by atoms with E-state index in [9.17, 15) is 4.79 Å². The Hall–Kier alpha value is -0.790. The van der Waals surface area contributed by atoms with Crippen molar-refractivity contribution < 1.29 is 9.53 Å². The van der Waals surface area contributed by atoms with Gasteiger partial charge in [0.2, 0.25) is 0 Å². The second kappa shape index (κ2) is 12.7. The fourth-order valence-electron chi connectivity index (χ4n) is 2.20. The third-order valence-corrected chi connectivity index (χ3v) is 3.41. The van der Waals surface area contributed by atoms with Gasteiger partial charge in [0.15, 0.2) is 0 Å². The van der Waals surface area contributed by atoms with Crippen molar-refractivity contribution in [2.75, 3.05) is 0 Å². The molecule has 0 aliphatic heterocycles. The molecule has 0 spiro atoms. The van der Waals surface area contributed by atoms with E-state index >= 15 is 0 Å². The SMILES string of the molecule is C=CCC(C)CCCCCCCC[C@@H](C)OC=O. The number of carbonyl (C=O) groups is 1. The zero-order valence-electron chi connectivity index (χ0n) is 12.2. The number of hydrogen-bond acceptors (Lipinski definition) is 2. The van der Waals surface area contributed by atoms with E-state index < -0.39 is 0 Å². The minimum absolute atomic E-state index is 0.0854. The van der Waals surface area contributed by atoms with E-state index in [-0.39, 0.29) is 6.10 Å². The van der Waals surface area contributed by atoms with Crippen molar-refractivity contribution in [2.45, 2.75) is 77.7 Å². The van der Waals surface area contributed by atoms with Crippen LogP contribution >= 0.6 is 0 Å². The Kier molecular flexibility index (Phi) is 12.1. The molecule has 0 bridgehead atoms. The molecule has 18 heavy (non-hydrogen) atoms. The predicted molar refractivity (Wildman–Crippen MR) is 77.5 cm³/mol. The number of hydrogen-bond donors (Lipinski definition) is 0. The summed E-state index contributed by atoms with van der Waals surface area (Å²) in [6.45, 7) is 8.58. The van der Waals surface area contributed by atoms with Crippen LogP contribution in [0, 0.1) is 5.92 Å². The van der Waals surface area contributed by atoms with E-state index in [2.05, 4.69) is 13.5 Å². The van der Waals surface area contributed by atoms with Crippen LogP contribution < -0.4 is 0 Å². The molecule has 0 aliphatic carbocycles. The van der Waals surface area contributed by atoms with Crippen LogP contribution in [0.3, 0.4) is 0 Å². The Labute approximate surface area is 113 Å². The van der Waals surface area contributed by atoms with Gasteiger partial charge >= 0.3 is 0 Å². The van der Waals surface area contributed by atoms with E-state index in [0.717, 1.165) is 18.8 Å². The summed E-state index contributed by atoms with van der Waals surface area (Å²) in [6.07, 6.45) is 13.3. The molecule has 1 unspecified atom stereocenters. The van der Waals surface area contributed by atoms with Crippen LogP contribution in [-0.2, 0) is 9.53 Å². The fourth-order valence-corrected chi connectivity index (χ4v) is 2.20. The minimum atomic E-state index is 0.0854. The second-order valence-corrected chi connectivity index (χ2v) is 5.37. The predicted octanol–water partition coefficient (Wildman–Crippen LogP) is 4.88. The van der Waals surface area contributed by atoms with Gasteiger partial charge in [0, 0.05) is 0 Å². The second-order valence-electron chi connectivity index (χ2n) is 5.37. The molecule has 0 aromatic rings. The summed E-state index contributed by atoms with van der Waals surface area (Å²) >= 11 is 0. The van der Waals surface area contributed by atoms with E-state index in [4.69, 9.17) is 4.74 Å². The number of ether oxygens (including phenoxy) is 1. The zero-order chi connectivity index (χ0) is 13.6. The lowest BCUT2D eigenvalue weighted by Gasteiger charge is -2.09. The highest BCUT2D eigenvalue weighted by Crippen LogP contribution is 2.15. The highest BCUT2D eigenvalue weighted by Gasteiger charge is 2.01. The molecule has 2 nitrogen and oxygen atoms in total. The molecule has 0 amide bonds. The van der Waals surface area contributed by atoms with Crippen LogP contribution in [0.1, 0.15) is 71.6 Å². The summed E-state index contributed by atoms with van der Waals surface area (Å²) in [5.74, 6) is 0.795. The van der Waals surface area contributed by atoms with E-state index in [1.165, 1.54) is 44.9 Å². The Morgan fingerprint density at radius 1 is 1.00 bits per heavy atom. The Bertz CT molecular complexity index is 179. The van der Waals surface area contributed by atoms with Crippen molar-refractivity contribution in [3.63, 3.8) is 0 Å². The van der Waals surface area contributed by atoms with E-state index in [1.807, 2.05) is 13.0 Å². The topological polar surface area (TPSA) is 26.3 Å². The number of rotatable bonds is 13. The van der Waals surface area contributed by atoms with Gasteiger partial charge in [0.05, 0.1) is 6.10 Å². The van der Waals surface area contributed by atoms with Gasteiger partial charge in [-0.2, -0.15) is 0 Å². The smallest absolute Gasteiger partial charge is 0.293 e. The molecule has 0 aromatic carbocycles. The first-order valence-corrected chi connectivity index (χ1v) is 7.40. The molecule has 2 atom stereocenters. The standard InChI is InChI=1S/C16H30O2/c1-4-11-15(2)12-9-7-5-6-8-10-13-16(3)18-14-17/h4,14-16H,1,5-13H2,2-3H3/t15?,16-/m1/s1. The summed E-state index contributed by atoms with van der Waals surface area (Å²) < 4.78 is 4.85. The van der Waals surface area contributed by atoms with Crippen molar-refractivity contribution in [1.29, 1.82) is 0 Å². The average Bonchev–Trinajstić information content (AvgIpc) is 2.33. The maximum Gasteiger partial charge on any atom is 0.293 e. The minimum Gasteiger partial charge on any atom is -0.465 e. The quantitative estimate of drug-likeness (QED) is 0.266. The zero-order valence-corrected chi connectivity index (χ0v) is 12.2. The number of allylic oxidation sites excluding steroid dienone is 1. The highest BCUT2D eigenvalue weighted by atomic mass is 16.5. The first kappa shape index (κ1) is 17.2. The summed E-state index contributed by atoms with van der Waals surface area (Å²) in [7, 11) is 0. The molecule has 0 saturated carbocycles. The van der Waals surface area contributed by atoms with Crippen molar-refractivity contribution in [3.05, 3.63) is 12.7 Å². The first-order valence-electron chi connectivity index (χ1n) is 7.40. The largest absolute Gasteiger partial charge is 0.465 e. The van der Waals surface area contributed by atoms with Crippen molar-refractivity contribution in [2.24, 2.45) is 5.92 Å². The third-order valence-electron chi connectivity index (χ3n) is 3.41. The molecule has 0 N–H and O–H groups in total. The molecule has 0 fully saturated rings. The van der Waals surface area contributed by atoms with E-state index in [0.29, 0.717) is 6.47 Å². The monoisotopic (exact) mass is 254 g/mol. The van der Waals surface area contributed by atoms with Crippen LogP contribution in [0.5, 0.6) is 0 Å². The van der Waals surface area contributed by atoms with Crippen LogP contribution in [-0.4, -0.2) is 12.6 Å². The van der Waals surface area contributed by atoms with Crippen LogP contribution in [0.25, 0.3) is 0 Å². The van der Waals surface area contributed by atoms with Crippen LogP contribution in [0.15, 0.2) is 12.7 Å². The molecule has 0 rings (SSSR count). The third kappa shape index (κ3) is 11.7. The molecular formula is C16H30O2. The summed E-state index contributed by atoms with van der Waals surface area (Å²) in [5.41, 5.74) is 0. The normalized spacial score (nSPS) is 13.9. The van der Waals surface area contributed by atoms with Gasteiger partial charge in [0.25, 0.3) is 6.47 Å². The Balaban J connectivity index is 3.16. The Morgan fingerprint density at radius 2 is 1.56 bits per heavy atom. The molecule has 0 saturated heterocycles. The lowest BCUT2D eigenvalue weighted by molar-refractivity contribution is -0.133. The molecule has 0 radical (unpaired) electrons. The molecule has 2 heteroatoms. The number of unbranched alkanes of at least 4 members (excludes halogenated alkanes) is 5.